The number of fused-ring (bicyclic) bond motifs is 1. The van der Waals surface area contributed by atoms with Gasteiger partial charge in [0.15, 0.2) is 0 Å². The zero-order valence-corrected chi connectivity index (χ0v) is 14.6. The van der Waals surface area contributed by atoms with Crippen molar-refractivity contribution in [3.63, 3.8) is 0 Å². The van der Waals surface area contributed by atoms with Gasteiger partial charge in [0.2, 0.25) is 5.95 Å². The van der Waals surface area contributed by atoms with Crippen molar-refractivity contribution in [2.24, 2.45) is 0 Å². The predicted octanol–water partition coefficient (Wildman–Crippen LogP) is 3.41. The molecule has 136 valence electrons. The highest BCUT2D eigenvalue weighted by Crippen LogP contribution is 2.39. The number of nitrogens with one attached hydrogen (secondary N) is 1. The quantitative estimate of drug-likeness (QED) is 0.719. The van der Waals surface area contributed by atoms with Gasteiger partial charge in [0.05, 0.1) is 17.9 Å². The van der Waals surface area contributed by atoms with Crippen molar-refractivity contribution in [1.29, 1.82) is 0 Å². The molecule has 1 N–H and O–H groups in total. The number of anilines is 1. The fourth-order valence-corrected chi connectivity index (χ4v) is 3.21. The van der Waals surface area contributed by atoms with Gasteiger partial charge in [-0.25, -0.2) is 13.9 Å². The summed E-state index contributed by atoms with van der Waals surface area (Å²) in [5.41, 5.74) is 1.91. The Bertz CT molecular complexity index is 1010. The highest BCUT2D eigenvalue weighted by molar-refractivity contribution is 6.02. The van der Waals surface area contributed by atoms with Crippen LogP contribution >= 0.6 is 0 Å². The average Bonchev–Trinajstić information content (AvgIpc) is 3.16. The maximum atomic E-state index is 14.7. The average molecular weight is 364 g/mol. The maximum Gasteiger partial charge on any atom is 0.338 e. The van der Waals surface area contributed by atoms with Crippen LogP contribution in [-0.4, -0.2) is 27.3 Å². The molecular formula is C20H17FN4O2. The minimum Gasteiger partial charge on any atom is -0.463 e. The third-order valence-electron chi connectivity index (χ3n) is 4.35. The molecule has 4 rings (SSSR count). The largest absolute Gasteiger partial charge is 0.463 e. The summed E-state index contributed by atoms with van der Waals surface area (Å²) in [6, 6.07) is 14.9. The first-order valence-electron chi connectivity index (χ1n) is 8.58. The molecule has 3 aromatic rings. The Labute approximate surface area is 155 Å². The molecule has 0 bridgehead atoms. The monoisotopic (exact) mass is 364 g/mol. The number of aromatic nitrogens is 3. The van der Waals surface area contributed by atoms with E-state index in [9.17, 15) is 9.18 Å². The van der Waals surface area contributed by atoms with Crippen LogP contribution in [0, 0.1) is 5.82 Å². The molecule has 0 fully saturated rings. The molecule has 1 aliphatic heterocycles. The van der Waals surface area contributed by atoms with E-state index in [4.69, 9.17) is 4.74 Å². The van der Waals surface area contributed by atoms with Gasteiger partial charge in [-0.3, -0.25) is 0 Å². The van der Waals surface area contributed by atoms with E-state index in [1.807, 2.05) is 30.3 Å². The van der Waals surface area contributed by atoms with Crippen molar-refractivity contribution in [2.75, 3.05) is 11.9 Å². The summed E-state index contributed by atoms with van der Waals surface area (Å²) in [4.78, 5) is 17.1. The SMILES string of the molecule is CCOC(=O)C1=C(c2ccccc2)Nc2ncnn2C1c1ccccc1F. The normalized spacial score (nSPS) is 15.9. The van der Waals surface area contributed by atoms with Crippen molar-refractivity contribution in [3.8, 4) is 0 Å². The van der Waals surface area contributed by atoms with Crippen LogP contribution in [0.25, 0.3) is 5.70 Å². The lowest BCUT2D eigenvalue weighted by atomic mass is 9.92. The van der Waals surface area contributed by atoms with Crippen molar-refractivity contribution in [1.82, 2.24) is 14.8 Å². The molecule has 2 heterocycles. The minimum absolute atomic E-state index is 0.207. The van der Waals surface area contributed by atoms with Gasteiger partial charge in [-0.1, -0.05) is 48.5 Å². The number of benzene rings is 2. The lowest BCUT2D eigenvalue weighted by Crippen LogP contribution is -2.30. The summed E-state index contributed by atoms with van der Waals surface area (Å²) >= 11 is 0. The highest BCUT2D eigenvalue weighted by Gasteiger charge is 2.37. The van der Waals surface area contributed by atoms with Crippen LogP contribution in [0.5, 0.6) is 0 Å². The maximum absolute atomic E-state index is 14.7. The fourth-order valence-electron chi connectivity index (χ4n) is 3.21. The van der Waals surface area contributed by atoms with Gasteiger partial charge in [-0.05, 0) is 18.6 Å². The number of halogens is 1. The molecule has 2 aromatic carbocycles. The molecule has 0 saturated heterocycles. The van der Waals surface area contributed by atoms with Gasteiger partial charge < -0.3 is 10.1 Å². The van der Waals surface area contributed by atoms with Crippen LogP contribution in [0.3, 0.4) is 0 Å². The summed E-state index contributed by atoms with van der Waals surface area (Å²) in [5.74, 6) is -0.534. The van der Waals surface area contributed by atoms with Gasteiger partial charge in [0.1, 0.15) is 18.2 Å². The molecule has 1 aliphatic rings. The molecule has 27 heavy (non-hydrogen) atoms. The van der Waals surface area contributed by atoms with E-state index in [2.05, 4.69) is 15.4 Å². The lowest BCUT2D eigenvalue weighted by Gasteiger charge is -2.29. The first-order valence-corrected chi connectivity index (χ1v) is 8.58. The fraction of sp³-hybridized carbons (Fsp3) is 0.150. The van der Waals surface area contributed by atoms with Gasteiger partial charge in [-0.15, -0.1) is 0 Å². The Hall–Kier alpha value is -3.48. The third-order valence-corrected chi connectivity index (χ3v) is 4.35. The minimum atomic E-state index is -0.792. The van der Waals surface area contributed by atoms with Gasteiger partial charge in [0.25, 0.3) is 0 Å². The highest BCUT2D eigenvalue weighted by atomic mass is 19.1. The summed E-state index contributed by atoms with van der Waals surface area (Å²) in [7, 11) is 0. The molecule has 0 radical (unpaired) electrons. The first kappa shape index (κ1) is 17.0. The number of hydrogen-bond acceptors (Lipinski definition) is 5. The Morgan fingerprint density at radius 2 is 1.93 bits per heavy atom. The standard InChI is InChI=1S/C20H17FN4O2/c1-2-27-19(26)16-17(13-8-4-3-5-9-13)24-20-22-12-23-25(20)18(16)14-10-6-7-11-15(14)21/h3-12,18H,2H2,1H3,(H,22,23,24). The van der Waals surface area contributed by atoms with Crippen LogP contribution in [0.15, 0.2) is 66.5 Å². The van der Waals surface area contributed by atoms with Crippen LogP contribution in [-0.2, 0) is 9.53 Å². The Morgan fingerprint density at radius 3 is 2.67 bits per heavy atom. The van der Waals surface area contributed by atoms with Crippen molar-refractivity contribution in [2.45, 2.75) is 13.0 Å². The summed E-state index contributed by atoms with van der Waals surface area (Å²) < 4.78 is 21.5. The van der Waals surface area contributed by atoms with Crippen LogP contribution < -0.4 is 5.32 Å². The second-order valence-electron chi connectivity index (χ2n) is 5.95. The van der Waals surface area contributed by atoms with E-state index in [1.165, 1.54) is 17.1 Å². The van der Waals surface area contributed by atoms with Crippen molar-refractivity contribution < 1.29 is 13.9 Å². The summed E-state index contributed by atoms with van der Waals surface area (Å²) in [6.07, 6.45) is 1.37. The second-order valence-corrected chi connectivity index (χ2v) is 5.95. The molecule has 1 unspecified atom stereocenters. The van der Waals surface area contributed by atoms with Crippen molar-refractivity contribution >= 4 is 17.6 Å². The van der Waals surface area contributed by atoms with Gasteiger partial charge in [0, 0.05) is 5.56 Å². The lowest BCUT2D eigenvalue weighted by molar-refractivity contribution is -0.138. The van der Waals surface area contributed by atoms with E-state index < -0.39 is 17.8 Å². The molecule has 6 nitrogen and oxygen atoms in total. The molecule has 1 aromatic heterocycles. The van der Waals surface area contributed by atoms with Crippen LogP contribution in [0.1, 0.15) is 24.1 Å². The number of esters is 1. The Morgan fingerprint density at radius 1 is 1.19 bits per heavy atom. The van der Waals surface area contributed by atoms with E-state index in [-0.39, 0.29) is 12.2 Å². The summed E-state index contributed by atoms with van der Waals surface area (Å²) in [6.45, 7) is 1.94. The molecule has 0 aliphatic carbocycles. The Balaban J connectivity index is 1.99. The van der Waals surface area contributed by atoms with Crippen LogP contribution in [0.2, 0.25) is 0 Å². The molecule has 0 amide bonds. The number of rotatable bonds is 4. The van der Waals surface area contributed by atoms with E-state index in [0.717, 1.165) is 5.56 Å². The molecule has 1 atom stereocenters. The molecular weight excluding hydrogens is 347 g/mol. The van der Waals surface area contributed by atoms with Crippen molar-refractivity contribution in [3.05, 3.63) is 83.4 Å². The Kier molecular flexibility index (Phi) is 4.42. The predicted molar refractivity (Wildman–Crippen MR) is 98.2 cm³/mol. The van der Waals surface area contributed by atoms with E-state index >= 15 is 0 Å². The molecule has 0 saturated carbocycles. The first-order chi connectivity index (χ1) is 13.2. The smallest absolute Gasteiger partial charge is 0.338 e. The third kappa shape index (κ3) is 2.97. The zero-order chi connectivity index (χ0) is 18.8. The number of ether oxygens (including phenoxy) is 1. The number of carbonyl (C=O) groups is 1. The van der Waals surface area contributed by atoms with E-state index in [0.29, 0.717) is 17.2 Å². The summed E-state index contributed by atoms with van der Waals surface area (Å²) in [5, 5.41) is 7.36. The van der Waals surface area contributed by atoms with Gasteiger partial charge in [-0.2, -0.15) is 10.1 Å². The second kappa shape index (κ2) is 7.03. The topological polar surface area (TPSA) is 69.0 Å². The number of hydrogen-bond donors (Lipinski definition) is 1. The van der Waals surface area contributed by atoms with Gasteiger partial charge >= 0.3 is 5.97 Å². The van der Waals surface area contributed by atoms with Crippen LogP contribution in [0.4, 0.5) is 10.3 Å². The number of carbonyl (C=O) groups excluding carboxylic acids is 1. The molecule has 0 spiro atoms. The molecule has 7 heteroatoms. The van der Waals surface area contributed by atoms with E-state index in [1.54, 1.807) is 25.1 Å². The number of nitrogens with zero attached hydrogens (tertiary/aromatic N) is 3. The zero-order valence-electron chi connectivity index (χ0n) is 14.6.